The molecule has 1 fully saturated rings. The number of hydrogen-bond donors (Lipinski definition) is 1. The van der Waals surface area contributed by atoms with E-state index in [4.69, 9.17) is 20.5 Å². The van der Waals surface area contributed by atoms with Crippen molar-refractivity contribution >= 4 is 9.84 Å². The van der Waals surface area contributed by atoms with Crippen molar-refractivity contribution in [2.24, 2.45) is 5.73 Å². The van der Waals surface area contributed by atoms with E-state index in [0.717, 1.165) is 6.26 Å². The van der Waals surface area contributed by atoms with Crippen LogP contribution in [0.25, 0.3) is 0 Å². The Kier molecular flexibility index (Phi) is 2.34. The molecule has 1 heterocycles. The Morgan fingerprint density at radius 3 is 2.68 bits per heavy atom. The number of ether oxygens (including phenoxy) is 2. The molecular formula is C12H12N2O4S. The average molecular weight is 280 g/mol. The van der Waals surface area contributed by atoms with Crippen molar-refractivity contribution in [2.45, 2.75) is 16.7 Å². The van der Waals surface area contributed by atoms with Gasteiger partial charge in [0.25, 0.3) is 0 Å². The second kappa shape index (κ2) is 3.62. The van der Waals surface area contributed by atoms with Crippen LogP contribution in [0.1, 0.15) is 11.5 Å². The lowest BCUT2D eigenvalue weighted by Gasteiger charge is -2.02. The number of nitrogens with two attached hydrogens (primary N) is 1. The fraction of sp³-hybridized carbons (Fsp3) is 0.417. The quantitative estimate of drug-likeness (QED) is 0.827. The predicted octanol–water partition coefficient (Wildman–Crippen LogP) is 0.147. The maximum Gasteiger partial charge on any atom is 0.231 e. The van der Waals surface area contributed by atoms with Gasteiger partial charge in [-0.15, -0.1) is 0 Å². The van der Waals surface area contributed by atoms with Crippen LogP contribution in [0.2, 0.25) is 0 Å². The monoisotopic (exact) mass is 280 g/mol. The van der Waals surface area contributed by atoms with Crippen molar-refractivity contribution in [3.63, 3.8) is 0 Å². The number of hydrogen-bond acceptors (Lipinski definition) is 6. The summed E-state index contributed by atoms with van der Waals surface area (Å²) in [5.41, 5.74) is 5.21. The molecule has 1 saturated carbocycles. The van der Waals surface area contributed by atoms with Crippen LogP contribution in [0.4, 0.5) is 0 Å². The Morgan fingerprint density at radius 1 is 1.42 bits per heavy atom. The molecule has 1 aromatic carbocycles. The van der Waals surface area contributed by atoms with Crippen molar-refractivity contribution in [1.29, 1.82) is 5.26 Å². The maximum absolute atomic E-state index is 11.7. The summed E-state index contributed by atoms with van der Waals surface area (Å²) in [6.45, 7) is 0.144. The Hall–Kier alpha value is -1.78. The van der Waals surface area contributed by atoms with Crippen LogP contribution in [0, 0.1) is 11.3 Å². The summed E-state index contributed by atoms with van der Waals surface area (Å²) >= 11 is 0. The van der Waals surface area contributed by atoms with E-state index >= 15 is 0 Å². The van der Waals surface area contributed by atoms with E-state index < -0.39 is 26.5 Å². The van der Waals surface area contributed by atoms with E-state index in [1.54, 1.807) is 18.2 Å². The highest BCUT2D eigenvalue weighted by molar-refractivity contribution is 7.91. The van der Waals surface area contributed by atoms with Crippen molar-refractivity contribution in [3.05, 3.63) is 23.8 Å². The SMILES string of the molecule is CS(=O)(=O)[C@@H]1[C@@H](c2ccc3c(c2)OCO3)[C@@]1(N)C#N. The van der Waals surface area contributed by atoms with Crippen LogP contribution in [0.5, 0.6) is 11.5 Å². The molecule has 7 heteroatoms. The van der Waals surface area contributed by atoms with Crippen molar-refractivity contribution in [2.75, 3.05) is 13.0 Å². The van der Waals surface area contributed by atoms with Gasteiger partial charge >= 0.3 is 0 Å². The van der Waals surface area contributed by atoms with Crippen LogP contribution in [-0.4, -0.2) is 32.3 Å². The van der Waals surface area contributed by atoms with Gasteiger partial charge in [0.05, 0.1) is 6.07 Å². The molecule has 0 unspecified atom stereocenters. The summed E-state index contributed by atoms with van der Waals surface area (Å²) in [6.07, 6.45) is 1.10. The highest BCUT2D eigenvalue weighted by Crippen LogP contribution is 2.54. The molecule has 0 spiro atoms. The molecule has 0 radical (unpaired) electrons. The summed E-state index contributed by atoms with van der Waals surface area (Å²) in [4.78, 5) is 0. The summed E-state index contributed by atoms with van der Waals surface area (Å²) in [6, 6.07) is 7.03. The minimum atomic E-state index is -3.38. The summed E-state index contributed by atoms with van der Waals surface area (Å²) < 4.78 is 33.8. The van der Waals surface area contributed by atoms with Gasteiger partial charge in [-0.1, -0.05) is 6.07 Å². The number of fused-ring (bicyclic) bond motifs is 1. The van der Waals surface area contributed by atoms with Crippen molar-refractivity contribution in [3.8, 4) is 17.6 Å². The van der Waals surface area contributed by atoms with Crippen molar-refractivity contribution in [1.82, 2.24) is 0 Å². The van der Waals surface area contributed by atoms with Gasteiger partial charge in [0.1, 0.15) is 10.8 Å². The van der Waals surface area contributed by atoms with Gasteiger partial charge in [0, 0.05) is 12.2 Å². The summed E-state index contributed by atoms with van der Waals surface area (Å²) in [5, 5.41) is 8.26. The highest BCUT2D eigenvalue weighted by Gasteiger charge is 2.69. The largest absolute Gasteiger partial charge is 0.454 e. The third kappa shape index (κ3) is 1.68. The molecule has 0 amide bonds. The minimum absolute atomic E-state index is 0.144. The van der Waals surface area contributed by atoms with Crippen molar-refractivity contribution < 1.29 is 17.9 Å². The number of nitrogens with zero attached hydrogens (tertiary/aromatic N) is 1. The topological polar surface area (TPSA) is 102 Å². The van der Waals surface area contributed by atoms with Gasteiger partial charge in [-0.05, 0) is 17.7 Å². The molecule has 19 heavy (non-hydrogen) atoms. The molecule has 0 aromatic heterocycles. The van der Waals surface area contributed by atoms with Gasteiger partial charge in [-0.2, -0.15) is 5.26 Å². The Morgan fingerprint density at radius 2 is 2.11 bits per heavy atom. The number of rotatable bonds is 2. The standard InChI is InChI=1S/C12H12N2O4S/c1-19(15,16)11-10(12(11,14)5-13)7-2-3-8-9(4-7)18-6-17-8/h2-4,10-11H,6,14H2,1H3/t10-,11-,12+/m1/s1. The lowest BCUT2D eigenvalue weighted by molar-refractivity contribution is 0.174. The number of sulfone groups is 1. The molecule has 1 aromatic rings. The van der Waals surface area contributed by atoms with Crippen LogP contribution in [-0.2, 0) is 9.84 Å². The maximum atomic E-state index is 11.7. The van der Waals surface area contributed by atoms with Crippen LogP contribution >= 0.6 is 0 Å². The zero-order valence-electron chi connectivity index (χ0n) is 10.2. The summed E-state index contributed by atoms with van der Waals surface area (Å²) in [5.74, 6) is 0.638. The third-order valence-corrected chi connectivity index (χ3v) is 5.17. The summed E-state index contributed by atoms with van der Waals surface area (Å²) in [7, 11) is -3.38. The Labute approximate surface area is 110 Å². The molecule has 2 aliphatic rings. The molecule has 1 aliphatic heterocycles. The lowest BCUT2D eigenvalue weighted by Crippen LogP contribution is -2.28. The van der Waals surface area contributed by atoms with E-state index in [1.165, 1.54) is 0 Å². The minimum Gasteiger partial charge on any atom is -0.454 e. The zero-order valence-corrected chi connectivity index (χ0v) is 11.0. The van der Waals surface area contributed by atoms with Crippen LogP contribution in [0.3, 0.4) is 0 Å². The molecule has 3 rings (SSSR count). The van der Waals surface area contributed by atoms with Gasteiger partial charge in [-0.25, -0.2) is 8.42 Å². The van der Waals surface area contributed by atoms with Crippen LogP contribution in [0.15, 0.2) is 18.2 Å². The molecule has 1 aliphatic carbocycles. The fourth-order valence-electron chi connectivity index (χ4n) is 2.67. The lowest BCUT2D eigenvalue weighted by atomic mass is 10.1. The van der Waals surface area contributed by atoms with E-state index in [0.29, 0.717) is 17.1 Å². The third-order valence-electron chi connectivity index (χ3n) is 3.59. The fourth-order valence-corrected chi connectivity index (χ4v) is 4.37. The first-order valence-electron chi connectivity index (χ1n) is 5.66. The average Bonchev–Trinajstić information content (AvgIpc) is 2.77. The van der Waals surface area contributed by atoms with E-state index in [-0.39, 0.29) is 6.79 Å². The van der Waals surface area contributed by atoms with Gasteiger partial charge in [0.15, 0.2) is 21.3 Å². The first-order valence-corrected chi connectivity index (χ1v) is 7.62. The zero-order chi connectivity index (χ0) is 13.8. The molecule has 100 valence electrons. The second-order valence-electron chi connectivity index (χ2n) is 4.89. The number of nitriles is 1. The Bertz CT molecular complexity index is 694. The van der Waals surface area contributed by atoms with Gasteiger partial charge < -0.3 is 15.2 Å². The smallest absolute Gasteiger partial charge is 0.231 e. The number of benzene rings is 1. The molecule has 2 N–H and O–H groups in total. The first-order chi connectivity index (χ1) is 8.88. The normalized spacial score (nSPS) is 31.8. The molecule has 0 bridgehead atoms. The molecule has 3 atom stereocenters. The molecule has 6 nitrogen and oxygen atoms in total. The first kappa shape index (κ1) is 12.3. The van der Waals surface area contributed by atoms with E-state index in [1.807, 2.05) is 6.07 Å². The predicted molar refractivity (Wildman–Crippen MR) is 66.5 cm³/mol. The Balaban J connectivity index is 2.02. The molecule has 0 saturated heterocycles. The second-order valence-corrected chi connectivity index (χ2v) is 7.05. The van der Waals surface area contributed by atoms with E-state index in [2.05, 4.69) is 0 Å². The highest BCUT2D eigenvalue weighted by atomic mass is 32.2. The van der Waals surface area contributed by atoms with Gasteiger partial charge in [0.2, 0.25) is 6.79 Å². The molecular weight excluding hydrogens is 268 g/mol. The van der Waals surface area contributed by atoms with E-state index in [9.17, 15) is 8.42 Å². The van der Waals surface area contributed by atoms with Crippen LogP contribution < -0.4 is 15.2 Å². The van der Waals surface area contributed by atoms with Gasteiger partial charge in [-0.3, -0.25) is 0 Å².